The monoisotopic (exact) mass is 344 g/mol. The van der Waals surface area contributed by atoms with E-state index in [0.717, 1.165) is 35.0 Å². The van der Waals surface area contributed by atoms with E-state index in [9.17, 15) is 14.7 Å². The van der Waals surface area contributed by atoms with Gasteiger partial charge in [0.2, 0.25) is 5.91 Å². The first-order valence-corrected chi connectivity index (χ1v) is 8.60. The highest BCUT2D eigenvalue weighted by molar-refractivity contribution is 5.90. The molecule has 0 radical (unpaired) electrons. The number of nitrogens with one attached hydrogen (secondary N) is 1. The minimum absolute atomic E-state index is 0.240. The molecule has 2 aromatic rings. The van der Waals surface area contributed by atoms with E-state index >= 15 is 0 Å². The molecule has 0 aliphatic carbocycles. The molecule has 1 aromatic carbocycles. The Morgan fingerprint density at radius 1 is 1.32 bits per heavy atom. The smallest absolute Gasteiger partial charge is 0.326 e. The van der Waals surface area contributed by atoms with Crippen molar-refractivity contribution in [1.82, 2.24) is 9.88 Å². The van der Waals surface area contributed by atoms with Crippen molar-refractivity contribution in [3.8, 4) is 0 Å². The van der Waals surface area contributed by atoms with E-state index in [0.29, 0.717) is 13.0 Å². The summed E-state index contributed by atoms with van der Waals surface area (Å²) in [7, 11) is 0. The van der Waals surface area contributed by atoms with Gasteiger partial charge in [-0.1, -0.05) is 24.6 Å². The minimum atomic E-state index is -1.00. The van der Waals surface area contributed by atoms with Gasteiger partial charge in [-0.15, -0.1) is 0 Å². The summed E-state index contributed by atoms with van der Waals surface area (Å²) in [5.41, 5.74) is 14.3. The van der Waals surface area contributed by atoms with Crippen molar-refractivity contribution in [2.75, 3.05) is 6.54 Å². The number of fused-ring (bicyclic) bond motifs is 3. The van der Waals surface area contributed by atoms with Gasteiger partial charge in [0.25, 0.3) is 0 Å². The number of hydrogen-bond acceptors (Lipinski definition) is 4. The van der Waals surface area contributed by atoms with Crippen molar-refractivity contribution in [2.45, 2.75) is 44.3 Å². The van der Waals surface area contributed by atoms with E-state index < -0.39 is 18.1 Å². The Hall–Kier alpha value is -2.38. The molecule has 2 atom stereocenters. The predicted octanol–water partition coefficient (Wildman–Crippen LogP) is 0.962. The molecule has 1 aliphatic rings. The topological polar surface area (TPSA) is 125 Å². The lowest BCUT2D eigenvalue weighted by Gasteiger charge is -2.34. The maximum Gasteiger partial charge on any atom is 0.326 e. The third kappa shape index (κ3) is 3.38. The van der Waals surface area contributed by atoms with Gasteiger partial charge in [0.15, 0.2) is 0 Å². The number of aliphatic carboxylic acids is 1. The van der Waals surface area contributed by atoms with Crippen LogP contribution in [0.5, 0.6) is 0 Å². The zero-order chi connectivity index (χ0) is 18.0. The fourth-order valence-electron chi connectivity index (χ4n) is 3.51. The molecule has 2 heterocycles. The molecule has 0 fully saturated rings. The Bertz CT molecular complexity index is 786. The molecular formula is C18H24N4O3. The van der Waals surface area contributed by atoms with E-state index in [1.54, 1.807) is 0 Å². The molecule has 0 spiro atoms. The second-order valence-electron chi connectivity index (χ2n) is 6.54. The summed E-state index contributed by atoms with van der Waals surface area (Å²) in [6.07, 6.45) is 2.36. The van der Waals surface area contributed by atoms with E-state index in [1.165, 1.54) is 4.90 Å². The lowest BCUT2D eigenvalue weighted by Crippen LogP contribution is -2.53. The van der Waals surface area contributed by atoms with Gasteiger partial charge in [0, 0.05) is 23.0 Å². The van der Waals surface area contributed by atoms with Crippen LogP contribution in [0, 0.1) is 0 Å². The number of aromatic amines is 1. The zero-order valence-corrected chi connectivity index (χ0v) is 14.1. The number of carboxylic acids is 1. The van der Waals surface area contributed by atoms with Crippen LogP contribution in [0.25, 0.3) is 10.9 Å². The van der Waals surface area contributed by atoms with Gasteiger partial charge in [0.1, 0.15) is 6.04 Å². The van der Waals surface area contributed by atoms with Crippen LogP contribution in [0.4, 0.5) is 0 Å². The van der Waals surface area contributed by atoms with Gasteiger partial charge >= 0.3 is 5.97 Å². The standard InChI is InChI=1S/C18H24N4O3/c19-8-4-3-6-13(20)17(23)22-10-15-12(9-16(22)18(24)25)11-5-1-2-7-14(11)21-15/h1-2,5,7,13,16,21H,3-4,6,8-10,19-20H2,(H,24,25)/t13-,16-/m0/s1. The summed E-state index contributed by atoms with van der Waals surface area (Å²) >= 11 is 0. The number of benzene rings is 1. The number of carbonyl (C=O) groups is 2. The summed E-state index contributed by atoms with van der Waals surface area (Å²) in [5, 5.41) is 10.6. The third-order valence-corrected chi connectivity index (χ3v) is 4.86. The summed E-state index contributed by atoms with van der Waals surface area (Å²) in [6.45, 7) is 0.797. The second kappa shape index (κ2) is 7.25. The normalized spacial score (nSPS) is 18.2. The van der Waals surface area contributed by atoms with Gasteiger partial charge in [-0.05, 0) is 31.0 Å². The Kier molecular flexibility index (Phi) is 5.06. The number of unbranched alkanes of at least 4 members (excludes halogenated alkanes) is 1. The van der Waals surface area contributed by atoms with Crippen LogP contribution in [0.3, 0.4) is 0 Å². The van der Waals surface area contributed by atoms with Crippen LogP contribution in [0.15, 0.2) is 24.3 Å². The van der Waals surface area contributed by atoms with Crippen molar-refractivity contribution in [2.24, 2.45) is 11.5 Å². The number of carbonyl (C=O) groups excluding carboxylic acids is 1. The average molecular weight is 344 g/mol. The maximum atomic E-state index is 12.7. The predicted molar refractivity (Wildman–Crippen MR) is 94.9 cm³/mol. The average Bonchev–Trinajstić information content (AvgIpc) is 2.97. The van der Waals surface area contributed by atoms with Crippen molar-refractivity contribution in [1.29, 1.82) is 0 Å². The van der Waals surface area contributed by atoms with E-state index in [-0.39, 0.29) is 18.9 Å². The fourth-order valence-corrected chi connectivity index (χ4v) is 3.51. The van der Waals surface area contributed by atoms with Crippen molar-refractivity contribution < 1.29 is 14.7 Å². The lowest BCUT2D eigenvalue weighted by atomic mass is 9.95. The number of para-hydroxylation sites is 1. The summed E-state index contributed by atoms with van der Waals surface area (Å²) in [6, 6.07) is 6.19. The number of nitrogens with zero attached hydrogens (tertiary/aromatic N) is 1. The first-order chi connectivity index (χ1) is 12.0. The van der Waals surface area contributed by atoms with Crippen LogP contribution < -0.4 is 11.5 Å². The molecule has 7 nitrogen and oxygen atoms in total. The van der Waals surface area contributed by atoms with Crippen molar-refractivity contribution >= 4 is 22.8 Å². The number of H-pyrrole nitrogens is 1. The maximum absolute atomic E-state index is 12.7. The Balaban J connectivity index is 1.86. The molecule has 1 aromatic heterocycles. The molecule has 0 unspecified atom stereocenters. The molecule has 134 valence electrons. The number of nitrogens with two attached hydrogens (primary N) is 2. The Morgan fingerprint density at radius 2 is 2.08 bits per heavy atom. The van der Waals surface area contributed by atoms with Crippen LogP contribution in [-0.4, -0.2) is 45.5 Å². The molecule has 3 rings (SSSR count). The van der Waals surface area contributed by atoms with E-state index in [2.05, 4.69) is 4.98 Å². The number of aromatic nitrogens is 1. The molecule has 7 heteroatoms. The fraction of sp³-hybridized carbons (Fsp3) is 0.444. The van der Waals surface area contributed by atoms with Gasteiger partial charge in [-0.3, -0.25) is 4.79 Å². The number of hydrogen-bond donors (Lipinski definition) is 4. The molecule has 25 heavy (non-hydrogen) atoms. The molecule has 0 saturated carbocycles. The number of amides is 1. The first-order valence-electron chi connectivity index (χ1n) is 8.60. The van der Waals surface area contributed by atoms with Crippen LogP contribution in [0.1, 0.15) is 30.5 Å². The van der Waals surface area contributed by atoms with Crippen LogP contribution in [0.2, 0.25) is 0 Å². The SMILES string of the molecule is NCCCC[C@H](N)C(=O)N1Cc2[nH]c3ccccc3c2C[C@H]1C(=O)O. The highest BCUT2D eigenvalue weighted by atomic mass is 16.4. The van der Waals surface area contributed by atoms with Gasteiger partial charge in [-0.25, -0.2) is 4.79 Å². The van der Waals surface area contributed by atoms with E-state index in [1.807, 2.05) is 24.3 Å². The summed E-state index contributed by atoms with van der Waals surface area (Å²) < 4.78 is 0. The lowest BCUT2D eigenvalue weighted by molar-refractivity contribution is -0.152. The second-order valence-corrected chi connectivity index (χ2v) is 6.54. The Labute approximate surface area is 146 Å². The van der Waals surface area contributed by atoms with E-state index in [4.69, 9.17) is 11.5 Å². The van der Waals surface area contributed by atoms with Crippen LogP contribution >= 0.6 is 0 Å². The largest absolute Gasteiger partial charge is 0.480 e. The van der Waals surface area contributed by atoms with Gasteiger partial charge in [-0.2, -0.15) is 0 Å². The van der Waals surface area contributed by atoms with Crippen molar-refractivity contribution in [3.05, 3.63) is 35.5 Å². The van der Waals surface area contributed by atoms with Crippen LogP contribution in [-0.2, 0) is 22.6 Å². The molecule has 6 N–H and O–H groups in total. The third-order valence-electron chi connectivity index (χ3n) is 4.86. The Morgan fingerprint density at radius 3 is 2.80 bits per heavy atom. The number of rotatable bonds is 6. The molecule has 0 bridgehead atoms. The van der Waals surface area contributed by atoms with Gasteiger partial charge in [0.05, 0.1) is 12.6 Å². The van der Waals surface area contributed by atoms with Gasteiger partial charge < -0.3 is 26.5 Å². The molecule has 1 amide bonds. The minimum Gasteiger partial charge on any atom is -0.480 e. The molecule has 1 aliphatic heterocycles. The number of carboxylic acid groups (broad SMARTS) is 1. The quantitative estimate of drug-likeness (QED) is 0.581. The highest BCUT2D eigenvalue weighted by Crippen LogP contribution is 2.30. The summed E-state index contributed by atoms with van der Waals surface area (Å²) in [4.78, 5) is 29.2. The molecular weight excluding hydrogens is 320 g/mol. The van der Waals surface area contributed by atoms with Crippen molar-refractivity contribution in [3.63, 3.8) is 0 Å². The first kappa shape index (κ1) is 17.4. The molecule has 0 saturated heterocycles. The zero-order valence-electron chi connectivity index (χ0n) is 14.1. The highest BCUT2D eigenvalue weighted by Gasteiger charge is 2.37. The summed E-state index contributed by atoms with van der Waals surface area (Å²) in [5.74, 6) is -1.31.